The number of benzene rings is 2. The van der Waals surface area contributed by atoms with Gasteiger partial charge in [-0.2, -0.15) is 0 Å². The van der Waals surface area contributed by atoms with Gasteiger partial charge in [-0.1, -0.05) is 28.1 Å². The zero-order valence-corrected chi connectivity index (χ0v) is 13.2. The van der Waals surface area contributed by atoms with Crippen LogP contribution in [0.25, 0.3) is 0 Å². The van der Waals surface area contributed by atoms with Gasteiger partial charge in [-0.05, 0) is 55.2 Å². The molecular formula is C16H16BrF2N. The summed E-state index contributed by atoms with van der Waals surface area (Å²) in [5.41, 5.74) is 9.04. The van der Waals surface area contributed by atoms with Gasteiger partial charge in [0.05, 0.1) is 6.04 Å². The average Bonchev–Trinajstić information content (AvgIpc) is 2.38. The maximum Gasteiger partial charge on any atom is 0.134 e. The summed E-state index contributed by atoms with van der Waals surface area (Å²) in [4.78, 5) is 0. The Labute approximate surface area is 125 Å². The highest BCUT2D eigenvalue weighted by atomic mass is 79.9. The Kier molecular flexibility index (Phi) is 4.25. The highest BCUT2D eigenvalue weighted by Gasteiger charge is 2.21. The number of hydrogen-bond acceptors (Lipinski definition) is 1. The highest BCUT2D eigenvalue weighted by Crippen LogP contribution is 2.31. The predicted octanol–water partition coefficient (Wildman–Crippen LogP) is 4.70. The Morgan fingerprint density at radius 2 is 1.65 bits per heavy atom. The first kappa shape index (κ1) is 15.1. The number of hydrogen-bond donors (Lipinski definition) is 1. The van der Waals surface area contributed by atoms with Crippen LogP contribution in [0.5, 0.6) is 0 Å². The molecule has 4 heteroatoms. The number of aryl methyl sites for hydroxylation is 3. The van der Waals surface area contributed by atoms with Crippen LogP contribution in [-0.2, 0) is 0 Å². The van der Waals surface area contributed by atoms with E-state index in [9.17, 15) is 8.78 Å². The van der Waals surface area contributed by atoms with Crippen molar-refractivity contribution in [1.29, 1.82) is 0 Å². The second kappa shape index (κ2) is 5.62. The van der Waals surface area contributed by atoms with Crippen LogP contribution in [0.15, 0.2) is 28.7 Å². The molecule has 0 aromatic heterocycles. The number of halogens is 3. The van der Waals surface area contributed by atoms with E-state index in [1.54, 1.807) is 6.92 Å². The Balaban J connectivity index is 2.60. The molecular weight excluding hydrogens is 324 g/mol. The van der Waals surface area contributed by atoms with Crippen LogP contribution in [0, 0.1) is 32.4 Å². The van der Waals surface area contributed by atoms with Gasteiger partial charge in [0.15, 0.2) is 0 Å². The van der Waals surface area contributed by atoms with Crippen LogP contribution in [0.4, 0.5) is 8.78 Å². The fraction of sp³-hybridized carbons (Fsp3) is 0.250. The molecule has 20 heavy (non-hydrogen) atoms. The normalized spacial score (nSPS) is 12.6. The standard InChI is InChI=1S/C16H16BrF2N/c1-8-4-5-13(18)14(15(8)19)16(20)11-6-10(3)12(17)7-9(11)2/h4-7,16H,20H2,1-3H3. The monoisotopic (exact) mass is 339 g/mol. The first-order valence-electron chi connectivity index (χ1n) is 6.29. The molecule has 1 unspecified atom stereocenters. The molecule has 2 aromatic rings. The summed E-state index contributed by atoms with van der Waals surface area (Å²) in [5.74, 6) is -1.18. The molecule has 1 atom stereocenters. The lowest BCUT2D eigenvalue weighted by Crippen LogP contribution is -2.17. The minimum absolute atomic E-state index is 0.0742. The van der Waals surface area contributed by atoms with E-state index >= 15 is 0 Å². The van der Waals surface area contributed by atoms with Gasteiger partial charge in [-0.3, -0.25) is 0 Å². The second-order valence-electron chi connectivity index (χ2n) is 5.03. The van der Waals surface area contributed by atoms with E-state index < -0.39 is 17.7 Å². The van der Waals surface area contributed by atoms with Gasteiger partial charge in [0.1, 0.15) is 11.6 Å². The Hall–Kier alpha value is -1.26. The van der Waals surface area contributed by atoms with Crippen LogP contribution < -0.4 is 5.73 Å². The summed E-state index contributed by atoms with van der Waals surface area (Å²) < 4.78 is 29.1. The van der Waals surface area contributed by atoms with Gasteiger partial charge in [-0.15, -0.1) is 0 Å². The quantitative estimate of drug-likeness (QED) is 0.843. The van der Waals surface area contributed by atoms with E-state index in [1.807, 2.05) is 26.0 Å². The summed E-state index contributed by atoms with van der Waals surface area (Å²) in [7, 11) is 0. The fourth-order valence-corrected chi connectivity index (χ4v) is 2.72. The summed E-state index contributed by atoms with van der Waals surface area (Å²) in [6.07, 6.45) is 0. The molecule has 2 N–H and O–H groups in total. The molecule has 0 saturated heterocycles. The molecule has 0 bridgehead atoms. The van der Waals surface area contributed by atoms with Gasteiger partial charge in [-0.25, -0.2) is 8.78 Å². The van der Waals surface area contributed by atoms with E-state index in [0.717, 1.165) is 21.2 Å². The van der Waals surface area contributed by atoms with E-state index in [0.29, 0.717) is 5.56 Å². The van der Waals surface area contributed by atoms with Gasteiger partial charge in [0.25, 0.3) is 0 Å². The number of rotatable bonds is 2. The van der Waals surface area contributed by atoms with E-state index in [1.165, 1.54) is 12.1 Å². The van der Waals surface area contributed by atoms with Crippen molar-refractivity contribution in [3.63, 3.8) is 0 Å². The van der Waals surface area contributed by atoms with Crippen LogP contribution in [0.1, 0.15) is 33.9 Å². The third-order valence-electron chi connectivity index (χ3n) is 3.51. The molecule has 0 heterocycles. The summed E-state index contributed by atoms with van der Waals surface area (Å²) in [6.45, 7) is 5.40. The van der Waals surface area contributed by atoms with Crippen molar-refractivity contribution in [2.24, 2.45) is 5.73 Å². The fourth-order valence-electron chi connectivity index (χ4n) is 2.26. The lowest BCUT2D eigenvalue weighted by molar-refractivity contribution is 0.537. The van der Waals surface area contributed by atoms with Crippen molar-refractivity contribution >= 4 is 15.9 Å². The summed E-state index contributed by atoms with van der Waals surface area (Å²) in [5, 5.41) is 0. The maximum atomic E-state index is 14.2. The van der Waals surface area contributed by atoms with Crippen molar-refractivity contribution in [3.05, 3.63) is 68.2 Å². The summed E-state index contributed by atoms with van der Waals surface area (Å²) in [6, 6.07) is 5.64. The van der Waals surface area contributed by atoms with Crippen molar-refractivity contribution in [2.75, 3.05) is 0 Å². The van der Waals surface area contributed by atoms with Crippen LogP contribution in [-0.4, -0.2) is 0 Å². The Morgan fingerprint density at radius 3 is 2.30 bits per heavy atom. The molecule has 106 valence electrons. The van der Waals surface area contributed by atoms with Crippen LogP contribution >= 0.6 is 15.9 Å². The van der Waals surface area contributed by atoms with Gasteiger partial charge in [0.2, 0.25) is 0 Å². The summed E-state index contributed by atoms with van der Waals surface area (Å²) >= 11 is 3.44. The second-order valence-corrected chi connectivity index (χ2v) is 5.88. The van der Waals surface area contributed by atoms with Gasteiger partial charge in [0, 0.05) is 10.0 Å². The van der Waals surface area contributed by atoms with Crippen molar-refractivity contribution in [3.8, 4) is 0 Å². The smallest absolute Gasteiger partial charge is 0.134 e. The molecule has 1 nitrogen and oxygen atoms in total. The number of nitrogens with two attached hydrogens (primary N) is 1. The van der Waals surface area contributed by atoms with E-state index in [4.69, 9.17) is 5.73 Å². The van der Waals surface area contributed by atoms with Crippen molar-refractivity contribution < 1.29 is 8.78 Å². The minimum atomic E-state index is -0.818. The Bertz CT molecular complexity index is 668. The molecule has 0 fully saturated rings. The zero-order chi connectivity index (χ0) is 15.0. The molecule has 2 aromatic carbocycles. The molecule has 0 radical (unpaired) electrons. The zero-order valence-electron chi connectivity index (χ0n) is 11.6. The molecule has 0 aliphatic carbocycles. The van der Waals surface area contributed by atoms with E-state index in [-0.39, 0.29) is 5.56 Å². The molecule has 2 rings (SSSR count). The first-order valence-corrected chi connectivity index (χ1v) is 7.09. The third-order valence-corrected chi connectivity index (χ3v) is 4.37. The van der Waals surface area contributed by atoms with Crippen molar-refractivity contribution in [1.82, 2.24) is 0 Å². The molecule has 0 spiro atoms. The van der Waals surface area contributed by atoms with Gasteiger partial charge < -0.3 is 5.73 Å². The van der Waals surface area contributed by atoms with Crippen LogP contribution in [0.3, 0.4) is 0 Å². The lowest BCUT2D eigenvalue weighted by Gasteiger charge is -2.19. The van der Waals surface area contributed by atoms with Crippen LogP contribution in [0.2, 0.25) is 0 Å². The largest absolute Gasteiger partial charge is 0.320 e. The minimum Gasteiger partial charge on any atom is -0.320 e. The van der Waals surface area contributed by atoms with E-state index in [2.05, 4.69) is 15.9 Å². The SMILES string of the molecule is Cc1cc(C(N)c2c(F)ccc(C)c2F)c(C)cc1Br. The molecule has 0 saturated carbocycles. The molecule has 0 aliphatic heterocycles. The van der Waals surface area contributed by atoms with Crippen molar-refractivity contribution in [2.45, 2.75) is 26.8 Å². The van der Waals surface area contributed by atoms with Gasteiger partial charge >= 0.3 is 0 Å². The highest BCUT2D eigenvalue weighted by molar-refractivity contribution is 9.10. The molecule has 0 amide bonds. The Morgan fingerprint density at radius 1 is 1.00 bits per heavy atom. The molecule has 0 aliphatic rings. The maximum absolute atomic E-state index is 14.2. The lowest BCUT2D eigenvalue weighted by atomic mass is 9.92. The average molecular weight is 340 g/mol. The topological polar surface area (TPSA) is 26.0 Å². The third kappa shape index (κ3) is 2.63. The first-order chi connectivity index (χ1) is 9.32. The predicted molar refractivity (Wildman–Crippen MR) is 80.7 cm³/mol.